The molecule has 0 aliphatic rings. The van der Waals surface area contributed by atoms with E-state index in [1.807, 2.05) is 6.92 Å². The van der Waals surface area contributed by atoms with E-state index >= 15 is 0 Å². The largest absolute Gasteiger partial charge is 0.217 e. The molecule has 13 heavy (non-hydrogen) atoms. The fourth-order valence-corrected chi connectivity index (χ4v) is 1.63. The third kappa shape index (κ3) is 2.97. The Bertz CT molecular complexity index is 286. The standard InChI is InChI=1S/C7H7Cl2FN2S/c1-2-13-3-4-11-6(8)5(10)7(9)12-4/h2-3H2,1H3. The minimum absolute atomic E-state index is 0.216. The first-order chi connectivity index (χ1) is 6.15. The summed E-state index contributed by atoms with van der Waals surface area (Å²) >= 11 is 12.6. The van der Waals surface area contributed by atoms with E-state index in [1.54, 1.807) is 11.8 Å². The van der Waals surface area contributed by atoms with Gasteiger partial charge in [-0.1, -0.05) is 30.1 Å². The molecule has 6 heteroatoms. The summed E-state index contributed by atoms with van der Waals surface area (Å²) in [6, 6.07) is 0. The predicted molar refractivity (Wildman–Crippen MR) is 53.8 cm³/mol. The van der Waals surface area contributed by atoms with Crippen LogP contribution >= 0.6 is 35.0 Å². The molecule has 0 unspecified atom stereocenters. The number of halogens is 3. The topological polar surface area (TPSA) is 25.8 Å². The Kier molecular flexibility index (Phi) is 4.22. The Morgan fingerprint density at radius 2 is 1.85 bits per heavy atom. The van der Waals surface area contributed by atoms with Crippen molar-refractivity contribution in [3.8, 4) is 0 Å². The van der Waals surface area contributed by atoms with E-state index in [1.165, 1.54) is 0 Å². The lowest BCUT2D eigenvalue weighted by Crippen LogP contribution is -1.97. The lowest BCUT2D eigenvalue weighted by molar-refractivity contribution is 0.612. The summed E-state index contributed by atoms with van der Waals surface area (Å²) in [6.45, 7) is 2.01. The highest BCUT2D eigenvalue weighted by Gasteiger charge is 2.10. The van der Waals surface area contributed by atoms with Crippen LogP contribution in [0.15, 0.2) is 0 Å². The molecule has 0 spiro atoms. The van der Waals surface area contributed by atoms with E-state index in [2.05, 4.69) is 9.97 Å². The van der Waals surface area contributed by atoms with Crippen LogP contribution in [0.1, 0.15) is 12.7 Å². The summed E-state index contributed by atoms with van der Waals surface area (Å²) in [4.78, 5) is 7.49. The molecular weight excluding hydrogens is 234 g/mol. The normalized spacial score (nSPS) is 10.5. The van der Waals surface area contributed by atoms with Crippen LogP contribution < -0.4 is 0 Å². The molecule has 0 amide bonds. The lowest BCUT2D eigenvalue weighted by atomic mass is 10.6. The van der Waals surface area contributed by atoms with Gasteiger partial charge >= 0.3 is 0 Å². The van der Waals surface area contributed by atoms with Gasteiger partial charge < -0.3 is 0 Å². The van der Waals surface area contributed by atoms with Crippen molar-refractivity contribution in [2.75, 3.05) is 5.75 Å². The van der Waals surface area contributed by atoms with Crippen LogP contribution in [0, 0.1) is 5.82 Å². The predicted octanol–water partition coefficient (Wildman–Crippen LogP) is 3.18. The highest BCUT2D eigenvalue weighted by Crippen LogP contribution is 2.20. The molecule has 0 radical (unpaired) electrons. The van der Waals surface area contributed by atoms with Gasteiger partial charge in [-0.3, -0.25) is 0 Å². The van der Waals surface area contributed by atoms with Gasteiger partial charge in [0.2, 0.25) is 0 Å². The molecule has 2 nitrogen and oxygen atoms in total. The van der Waals surface area contributed by atoms with Gasteiger partial charge in [-0.25, -0.2) is 14.4 Å². The van der Waals surface area contributed by atoms with Gasteiger partial charge in [0.1, 0.15) is 5.82 Å². The number of hydrogen-bond donors (Lipinski definition) is 0. The van der Waals surface area contributed by atoms with E-state index in [9.17, 15) is 4.39 Å². The third-order valence-electron chi connectivity index (χ3n) is 1.25. The summed E-state index contributed by atoms with van der Waals surface area (Å²) in [7, 11) is 0. The van der Waals surface area contributed by atoms with E-state index in [0.29, 0.717) is 11.6 Å². The average molecular weight is 241 g/mol. The van der Waals surface area contributed by atoms with Crippen molar-refractivity contribution in [3.05, 3.63) is 21.9 Å². The molecule has 0 N–H and O–H groups in total. The Morgan fingerprint density at radius 1 is 1.31 bits per heavy atom. The molecule has 72 valence electrons. The van der Waals surface area contributed by atoms with Crippen LogP contribution in [-0.4, -0.2) is 15.7 Å². The summed E-state index contributed by atoms with van der Waals surface area (Å²) in [5, 5.41) is -0.432. The lowest BCUT2D eigenvalue weighted by Gasteiger charge is -2.00. The van der Waals surface area contributed by atoms with Crippen LogP contribution in [-0.2, 0) is 5.75 Å². The summed E-state index contributed by atoms with van der Waals surface area (Å²) in [5.74, 6) is 1.24. The van der Waals surface area contributed by atoms with Crippen molar-refractivity contribution in [2.24, 2.45) is 0 Å². The second kappa shape index (κ2) is 4.98. The van der Waals surface area contributed by atoms with Gasteiger partial charge in [-0.05, 0) is 5.75 Å². The maximum absolute atomic E-state index is 12.8. The second-order valence-electron chi connectivity index (χ2n) is 2.17. The highest BCUT2D eigenvalue weighted by molar-refractivity contribution is 7.98. The zero-order valence-electron chi connectivity index (χ0n) is 6.85. The number of rotatable bonds is 3. The Morgan fingerprint density at radius 3 is 2.31 bits per heavy atom. The smallest absolute Gasteiger partial charge is 0.197 e. The van der Waals surface area contributed by atoms with Gasteiger partial charge in [0.15, 0.2) is 16.1 Å². The van der Waals surface area contributed by atoms with Crippen LogP contribution in [0.3, 0.4) is 0 Å². The number of aromatic nitrogens is 2. The summed E-state index contributed by atoms with van der Waals surface area (Å²) in [6.07, 6.45) is 0. The quantitative estimate of drug-likeness (QED) is 0.760. The maximum atomic E-state index is 12.8. The van der Waals surface area contributed by atoms with E-state index in [-0.39, 0.29) is 10.3 Å². The molecule has 0 aromatic carbocycles. The molecule has 0 aliphatic heterocycles. The highest BCUT2D eigenvalue weighted by atomic mass is 35.5. The maximum Gasteiger partial charge on any atom is 0.197 e. The van der Waals surface area contributed by atoms with Crippen molar-refractivity contribution in [3.63, 3.8) is 0 Å². The zero-order chi connectivity index (χ0) is 9.84. The van der Waals surface area contributed by atoms with Crippen LogP contribution in [0.5, 0.6) is 0 Å². The molecule has 0 saturated heterocycles. The first kappa shape index (κ1) is 11.0. The molecule has 0 aliphatic carbocycles. The van der Waals surface area contributed by atoms with Crippen LogP contribution in [0.2, 0.25) is 10.3 Å². The Balaban J connectivity index is 2.86. The fraction of sp³-hybridized carbons (Fsp3) is 0.429. The van der Waals surface area contributed by atoms with Gasteiger partial charge in [-0.2, -0.15) is 11.8 Å². The molecule has 1 aromatic heterocycles. The van der Waals surface area contributed by atoms with E-state index in [4.69, 9.17) is 23.2 Å². The van der Waals surface area contributed by atoms with Crippen LogP contribution in [0.25, 0.3) is 0 Å². The van der Waals surface area contributed by atoms with Crippen molar-refractivity contribution >= 4 is 35.0 Å². The van der Waals surface area contributed by atoms with Gasteiger partial charge in [0.25, 0.3) is 0 Å². The molecular formula is C7H7Cl2FN2S. The Labute approximate surface area is 89.9 Å². The summed E-state index contributed by atoms with van der Waals surface area (Å²) in [5.41, 5.74) is 0. The average Bonchev–Trinajstić information content (AvgIpc) is 2.10. The first-order valence-electron chi connectivity index (χ1n) is 3.60. The number of nitrogens with zero attached hydrogens (tertiary/aromatic N) is 2. The minimum Gasteiger partial charge on any atom is -0.217 e. The second-order valence-corrected chi connectivity index (χ2v) is 4.16. The monoisotopic (exact) mass is 240 g/mol. The third-order valence-corrected chi connectivity index (χ3v) is 2.62. The number of thioether (sulfide) groups is 1. The number of hydrogen-bond acceptors (Lipinski definition) is 3. The van der Waals surface area contributed by atoms with E-state index < -0.39 is 5.82 Å². The SMILES string of the molecule is CCSCc1nc(Cl)c(F)c(Cl)n1. The van der Waals surface area contributed by atoms with Crippen molar-refractivity contribution in [1.82, 2.24) is 9.97 Å². The minimum atomic E-state index is -0.756. The molecule has 1 heterocycles. The molecule has 0 saturated carbocycles. The zero-order valence-corrected chi connectivity index (χ0v) is 9.18. The van der Waals surface area contributed by atoms with E-state index in [0.717, 1.165) is 5.75 Å². The molecule has 1 rings (SSSR count). The Hall–Kier alpha value is -0.0600. The molecule has 1 aromatic rings. The van der Waals surface area contributed by atoms with Crippen molar-refractivity contribution < 1.29 is 4.39 Å². The molecule has 0 atom stereocenters. The molecule has 0 bridgehead atoms. The van der Waals surface area contributed by atoms with Crippen molar-refractivity contribution in [2.45, 2.75) is 12.7 Å². The van der Waals surface area contributed by atoms with Gasteiger partial charge in [0.05, 0.1) is 5.75 Å². The fourth-order valence-electron chi connectivity index (χ4n) is 0.693. The van der Waals surface area contributed by atoms with Crippen molar-refractivity contribution in [1.29, 1.82) is 0 Å². The van der Waals surface area contributed by atoms with Crippen LogP contribution in [0.4, 0.5) is 4.39 Å². The van der Waals surface area contributed by atoms with Gasteiger partial charge in [-0.15, -0.1) is 0 Å². The first-order valence-corrected chi connectivity index (χ1v) is 5.51. The summed E-state index contributed by atoms with van der Waals surface area (Å²) < 4.78 is 12.8. The molecule has 0 fully saturated rings. The van der Waals surface area contributed by atoms with Gasteiger partial charge in [0, 0.05) is 0 Å².